The highest BCUT2D eigenvalue weighted by atomic mass is 16.5. The zero-order chi connectivity index (χ0) is 28.4. The zero-order valence-electron chi connectivity index (χ0n) is 24.9. The number of carbonyl (C=O) groups is 1. The lowest BCUT2D eigenvalue weighted by Crippen LogP contribution is -2.56. The summed E-state index contributed by atoms with van der Waals surface area (Å²) in [4.78, 5) is 18.1. The van der Waals surface area contributed by atoms with E-state index in [1.807, 2.05) is 12.1 Å². The predicted octanol–water partition coefficient (Wildman–Crippen LogP) is 5.50. The van der Waals surface area contributed by atoms with Gasteiger partial charge in [-0.25, -0.2) is 0 Å². The lowest BCUT2D eigenvalue weighted by Gasteiger charge is -2.54. The molecule has 0 aromatic heterocycles. The molecule has 6 aliphatic rings. The Bertz CT molecular complexity index is 1560. The van der Waals surface area contributed by atoms with E-state index in [4.69, 9.17) is 10.5 Å². The number of benzene rings is 2. The highest BCUT2D eigenvalue weighted by Crippen LogP contribution is 2.56. The van der Waals surface area contributed by atoms with Crippen molar-refractivity contribution in [3.63, 3.8) is 0 Å². The number of hydrogen-bond donors (Lipinski definition) is 2. The van der Waals surface area contributed by atoms with Crippen LogP contribution in [-0.2, 0) is 12.8 Å². The number of amides is 1. The van der Waals surface area contributed by atoms with Crippen molar-refractivity contribution in [3.8, 4) is 5.75 Å². The molecule has 6 heteroatoms. The van der Waals surface area contributed by atoms with Crippen LogP contribution >= 0.6 is 0 Å². The van der Waals surface area contributed by atoms with Gasteiger partial charge in [-0.05, 0) is 131 Å². The van der Waals surface area contributed by atoms with Crippen LogP contribution in [0, 0.1) is 0 Å². The molecule has 42 heavy (non-hydrogen) atoms. The van der Waals surface area contributed by atoms with Crippen molar-refractivity contribution in [3.05, 3.63) is 86.7 Å². The minimum absolute atomic E-state index is 0.0403. The van der Waals surface area contributed by atoms with E-state index < -0.39 is 0 Å². The number of carbonyl (C=O) groups excluding carboxylic acids is 1. The largest absolute Gasteiger partial charge is 0.456 e. The summed E-state index contributed by atoms with van der Waals surface area (Å²) in [6.07, 6.45) is 12.5. The Morgan fingerprint density at radius 2 is 1.76 bits per heavy atom. The maximum absolute atomic E-state index is 12.8. The van der Waals surface area contributed by atoms with Crippen molar-refractivity contribution in [1.82, 2.24) is 10.2 Å². The second-order valence-corrected chi connectivity index (χ2v) is 13.0. The summed E-state index contributed by atoms with van der Waals surface area (Å²) in [6, 6.07) is 10.7. The van der Waals surface area contributed by atoms with Crippen LogP contribution < -0.4 is 20.7 Å². The summed E-state index contributed by atoms with van der Waals surface area (Å²) in [7, 11) is 0. The van der Waals surface area contributed by atoms with E-state index in [1.54, 1.807) is 0 Å². The number of piperidine rings is 2. The highest BCUT2D eigenvalue weighted by molar-refractivity contribution is 5.97. The Kier molecular flexibility index (Phi) is 6.34. The number of aryl methyl sites for hydroxylation is 1. The molecule has 218 valence electrons. The summed E-state index contributed by atoms with van der Waals surface area (Å²) < 4.78 is 7.22. The molecule has 1 atom stereocenters. The highest BCUT2D eigenvalue weighted by Gasteiger charge is 2.49. The zero-order valence-corrected chi connectivity index (χ0v) is 24.9. The van der Waals surface area contributed by atoms with Crippen LogP contribution in [0.2, 0.25) is 0 Å². The van der Waals surface area contributed by atoms with Gasteiger partial charge in [0.15, 0.2) is 0 Å². The first-order chi connectivity index (χ1) is 20.6. The fourth-order valence-corrected chi connectivity index (χ4v) is 8.68. The van der Waals surface area contributed by atoms with Crippen LogP contribution in [0.5, 0.6) is 5.75 Å². The number of nitrogens with two attached hydrogens (primary N) is 1. The van der Waals surface area contributed by atoms with Gasteiger partial charge in [-0.15, -0.1) is 0 Å². The molecule has 2 fully saturated rings. The molecule has 6 nitrogen and oxygen atoms in total. The monoisotopic (exact) mass is 562 g/mol. The van der Waals surface area contributed by atoms with Crippen LogP contribution in [0.25, 0.3) is 5.57 Å². The minimum Gasteiger partial charge on any atom is -0.456 e. The fourth-order valence-electron chi connectivity index (χ4n) is 8.68. The van der Waals surface area contributed by atoms with E-state index in [9.17, 15) is 4.79 Å². The molecule has 0 bridgehead atoms. The first kappa shape index (κ1) is 26.3. The number of rotatable bonds is 5. The van der Waals surface area contributed by atoms with Gasteiger partial charge in [-0.1, -0.05) is 12.1 Å². The molecule has 8 rings (SSSR count). The van der Waals surface area contributed by atoms with Crippen molar-refractivity contribution in [1.29, 1.82) is 0 Å². The predicted molar refractivity (Wildman–Crippen MR) is 168 cm³/mol. The summed E-state index contributed by atoms with van der Waals surface area (Å²) in [5.74, 6) is 2.14. The maximum atomic E-state index is 12.8. The standard InChI is InChI=1S/C36H42N4O2/c1-36-26-8-3-19-40(36)20-5-10-30(36)34-29(22-26)31(23-11-13-24(14-12-23)35(41)38-16-6-15-37)28-21-25-7-2-17-39-18-4-9-27(32(25)39)33(28)42-34/h11-14,21-22H,2-10,15-20,37H2,1H3,(H,38,41)/t36-/m1/s1. The average molecular weight is 563 g/mol. The van der Waals surface area contributed by atoms with E-state index in [0.717, 1.165) is 75.4 Å². The van der Waals surface area contributed by atoms with Gasteiger partial charge in [0.25, 0.3) is 5.91 Å². The first-order valence-electron chi connectivity index (χ1n) is 16.2. The van der Waals surface area contributed by atoms with Crippen molar-refractivity contribution in [2.45, 2.75) is 70.3 Å². The molecule has 1 amide bonds. The number of nitrogens with zero attached hydrogens (tertiary/aromatic N) is 2. The SMILES string of the molecule is C[C@@]12C3=CC4=C(c5ccc(C(=O)NCCCN)cc5)c5cc6c7c(c5OC4=C1CCCN2CCC3)CCCN7CCC6. The van der Waals surface area contributed by atoms with Crippen molar-refractivity contribution in [2.24, 2.45) is 5.73 Å². The second kappa shape index (κ2) is 10.1. The Labute approximate surface area is 249 Å². The molecule has 3 N–H and O–H groups in total. The van der Waals surface area contributed by atoms with Gasteiger partial charge >= 0.3 is 0 Å². The van der Waals surface area contributed by atoms with Crippen molar-refractivity contribution in [2.75, 3.05) is 44.2 Å². The Morgan fingerprint density at radius 3 is 2.57 bits per heavy atom. The minimum atomic E-state index is -0.0408. The van der Waals surface area contributed by atoms with Gasteiger partial charge in [0.05, 0.1) is 5.54 Å². The quantitative estimate of drug-likeness (QED) is 0.471. The van der Waals surface area contributed by atoms with E-state index in [1.165, 1.54) is 70.4 Å². The molecule has 2 aromatic rings. The lowest BCUT2D eigenvalue weighted by molar-refractivity contribution is 0.0953. The molecule has 5 heterocycles. The number of allylic oxidation sites excluding steroid dienone is 1. The molecule has 2 saturated heterocycles. The smallest absolute Gasteiger partial charge is 0.251 e. The third-order valence-electron chi connectivity index (χ3n) is 10.7. The average Bonchev–Trinajstić information content (AvgIpc) is 3.01. The molecular formula is C36H42N4O2. The van der Waals surface area contributed by atoms with Gasteiger partial charge in [-0.2, -0.15) is 0 Å². The topological polar surface area (TPSA) is 70.8 Å². The summed E-state index contributed by atoms with van der Waals surface area (Å²) >= 11 is 0. The normalized spacial score (nSPS) is 24.2. The number of hydrogen-bond acceptors (Lipinski definition) is 5. The van der Waals surface area contributed by atoms with Crippen LogP contribution in [-0.4, -0.2) is 55.6 Å². The number of anilines is 1. The van der Waals surface area contributed by atoms with Crippen LogP contribution in [0.15, 0.2) is 58.9 Å². The molecule has 0 unspecified atom stereocenters. The molecule has 2 aromatic carbocycles. The van der Waals surface area contributed by atoms with Crippen molar-refractivity contribution >= 4 is 17.2 Å². The molecule has 0 radical (unpaired) electrons. The Balaban J connectivity index is 1.33. The number of fused-ring (bicyclic) bond motifs is 3. The summed E-state index contributed by atoms with van der Waals surface area (Å²) in [5, 5.41) is 3.00. The summed E-state index contributed by atoms with van der Waals surface area (Å²) in [5.41, 5.74) is 18.5. The first-order valence-corrected chi connectivity index (χ1v) is 16.2. The maximum Gasteiger partial charge on any atom is 0.251 e. The summed E-state index contributed by atoms with van der Waals surface area (Å²) in [6.45, 7) is 8.24. The second-order valence-electron chi connectivity index (χ2n) is 13.0. The van der Waals surface area contributed by atoms with E-state index >= 15 is 0 Å². The third-order valence-corrected chi connectivity index (χ3v) is 10.7. The van der Waals surface area contributed by atoms with Crippen LogP contribution in [0.1, 0.15) is 84.5 Å². The third kappa shape index (κ3) is 3.87. The van der Waals surface area contributed by atoms with E-state index in [0.29, 0.717) is 18.7 Å². The van der Waals surface area contributed by atoms with Gasteiger partial charge in [0.2, 0.25) is 0 Å². The molecule has 1 aliphatic carbocycles. The van der Waals surface area contributed by atoms with Gasteiger partial charge < -0.3 is 20.7 Å². The molecule has 5 aliphatic heterocycles. The van der Waals surface area contributed by atoms with Gasteiger partial charge in [0.1, 0.15) is 11.5 Å². The molecule has 0 spiro atoms. The molecular weight excluding hydrogens is 520 g/mol. The van der Waals surface area contributed by atoms with E-state index in [-0.39, 0.29) is 11.4 Å². The van der Waals surface area contributed by atoms with Gasteiger partial charge in [-0.3, -0.25) is 9.69 Å². The van der Waals surface area contributed by atoms with Crippen LogP contribution in [0.4, 0.5) is 5.69 Å². The van der Waals surface area contributed by atoms with Gasteiger partial charge in [0, 0.05) is 53.2 Å². The lowest BCUT2D eigenvalue weighted by atomic mass is 9.67. The van der Waals surface area contributed by atoms with Crippen molar-refractivity contribution < 1.29 is 9.53 Å². The number of ether oxygens (including phenoxy) is 1. The van der Waals surface area contributed by atoms with E-state index in [2.05, 4.69) is 46.3 Å². The Hall–Kier alpha value is -3.35. The number of nitrogens with one attached hydrogen (secondary N) is 1. The Morgan fingerprint density at radius 1 is 1.00 bits per heavy atom. The fraction of sp³-hybridized carbons (Fsp3) is 0.472. The molecule has 0 saturated carbocycles. The van der Waals surface area contributed by atoms with Crippen LogP contribution in [0.3, 0.4) is 0 Å².